The summed E-state index contributed by atoms with van der Waals surface area (Å²) in [5.74, 6) is 0.557. The third-order valence-corrected chi connectivity index (χ3v) is 11.2. The molecular weight excluding hydrogens is 912 g/mol. The highest BCUT2D eigenvalue weighted by atomic mass is 79.9. The van der Waals surface area contributed by atoms with E-state index in [0.717, 1.165) is 27.8 Å². The van der Waals surface area contributed by atoms with E-state index >= 15 is 0 Å². The second-order valence-corrected chi connectivity index (χ2v) is 17.8. The Kier molecular flexibility index (Phi) is 17.6. The van der Waals surface area contributed by atoms with Crippen LogP contribution in [0.3, 0.4) is 0 Å². The molecule has 350 valence electrons. The van der Waals surface area contributed by atoms with Crippen molar-refractivity contribution in [2.75, 3.05) is 51.3 Å². The van der Waals surface area contributed by atoms with Gasteiger partial charge in [-0.2, -0.15) is 4.98 Å². The Bertz CT molecular complexity index is 2320. The minimum Gasteiger partial charge on any atom is -0.493 e. The van der Waals surface area contributed by atoms with E-state index in [9.17, 15) is 24.3 Å². The van der Waals surface area contributed by atoms with Crippen LogP contribution < -0.4 is 14.2 Å². The molecule has 0 saturated carbocycles. The van der Waals surface area contributed by atoms with E-state index in [1.54, 1.807) is 36.1 Å². The summed E-state index contributed by atoms with van der Waals surface area (Å²) in [7, 11) is 0. The molecule has 1 N–H and O–H groups in total. The number of rotatable bonds is 16. The van der Waals surface area contributed by atoms with E-state index in [4.69, 9.17) is 28.2 Å². The molecule has 2 aliphatic heterocycles. The molecule has 2 aliphatic rings. The Balaban J connectivity index is 0.000000230. The average molecular weight is 970 g/mol. The van der Waals surface area contributed by atoms with Crippen molar-refractivity contribution in [2.45, 2.75) is 52.6 Å². The smallest absolute Gasteiger partial charge is 0.415 e. The molecule has 0 unspecified atom stereocenters. The SMILES string of the molecule is CCOC(=O)[C@H]1CN(C(=O)OC(C)(C)C)C[C@H]1Cc1ccc(OCCBr)cc1.O=C(O)[C@H]1CN(C(=O)Oc2ccccc2)C[C@H]1Cc1ccc(OCCc2noc(-c3ccccc3)n2)cc1. The second-order valence-electron chi connectivity index (χ2n) is 17.0. The molecule has 0 radical (unpaired) electrons. The molecule has 1 aromatic heterocycles. The normalized spacial score (nSPS) is 17.9. The highest BCUT2D eigenvalue weighted by Crippen LogP contribution is 2.31. The van der Waals surface area contributed by atoms with Crippen molar-refractivity contribution in [3.05, 3.63) is 126 Å². The van der Waals surface area contributed by atoms with Crippen LogP contribution in [-0.2, 0) is 38.3 Å². The van der Waals surface area contributed by atoms with Crippen LogP contribution in [0.4, 0.5) is 9.59 Å². The number of carboxylic acid groups (broad SMARTS) is 1. The molecule has 66 heavy (non-hydrogen) atoms. The number of hydrogen-bond acceptors (Lipinski definition) is 12. The number of carbonyl (C=O) groups is 4. The number of aromatic nitrogens is 2. The minimum atomic E-state index is -0.915. The first-order chi connectivity index (χ1) is 31.8. The Labute approximate surface area is 393 Å². The van der Waals surface area contributed by atoms with Gasteiger partial charge in [0.05, 0.1) is 31.7 Å². The van der Waals surface area contributed by atoms with E-state index in [0.29, 0.717) is 81.9 Å². The third-order valence-electron chi connectivity index (χ3n) is 10.9. The number of esters is 1. The fourth-order valence-electron chi connectivity index (χ4n) is 7.75. The van der Waals surface area contributed by atoms with Crippen molar-refractivity contribution < 1.29 is 52.5 Å². The molecule has 4 aromatic carbocycles. The van der Waals surface area contributed by atoms with Crippen molar-refractivity contribution in [1.29, 1.82) is 0 Å². The van der Waals surface area contributed by atoms with Crippen LogP contribution in [0.1, 0.15) is 44.6 Å². The zero-order chi connectivity index (χ0) is 47.1. The molecule has 16 heteroatoms. The van der Waals surface area contributed by atoms with Crippen LogP contribution in [0.5, 0.6) is 17.2 Å². The Morgan fingerprint density at radius 2 is 1.26 bits per heavy atom. The van der Waals surface area contributed by atoms with Crippen LogP contribution in [0.25, 0.3) is 11.5 Å². The lowest BCUT2D eigenvalue weighted by atomic mass is 9.90. The third kappa shape index (κ3) is 14.5. The van der Waals surface area contributed by atoms with E-state index in [2.05, 4.69) is 26.1 Å². The maximum absolute atomic E-state index is 12.6. The van der Waals surface area contributed by atoms with Crippen LogP contribution in [0.15, 0.2) is 114 Å². The summed E-state index contributed by atoms with van der Waals surface area (Å²) < 4.78 is 32.8. The fourth-order valence-corrected chi connectivity index (χ4v) is 7.91. The van der Waals surface area contributed by atoms with Gasteiger partial charge in [-0.1, -0.05) is 81.8 Å². The van der Waals surface area contributed by atoms with Crippen molar-refractivity contribution in [1.82, 2.24) is 19.9 Å². The number of benzene rings is 4. The first kappa shape index (κ1) is 49.0. The lowest BCUT2D eigenvalue weighted by molar-refractivity contribution is -0.148. The summed E-state index contributed by atoms with van der Waals surface area (Å²) in [6.45, 7) is 9.85. The largest absolute Gasteiger partial charge is 0.493 e. The van der Waals surface area contributed by atoms with E-state index in [1.165, 1.54) is 4.90 Å². The van der Waals surface area contributed by atoms with Crippen molar-refractivity contribution in [2.24, 2.45) is 23.7 Å². The number of carbonyl (C=O) groups excluding carboxylic acids is 3. The molecule has 2 saturated heterocycles. The summed E-state index contributed by atoms with van der Waals surface area (Å²) in [6.07, 6.45) is 0.781. The summed E-state index contributed by atoms with van der Waals surface area (Å²) >= 11 is 3.34. The zero-order valence-electron chi connectivity index (χ0n) is 37.7. The lowest BCUT2D eigenvalue weighted by Gasteiger charge is -2.24. The highest BCUT2D eigenvalue weighted by molar-refractivity contribution is 9.09. The Morgan fingerprint density at radius 1 is 0.712 bits per heavy atom. The molecule has 2 amide bonds. The molecule has 2 fully saturated rings. The van der Waals surface area contributed by atoms with Crippen molar-refractivity contribution in [3.63, 3.8) is 0 Å². The Hall–Kier alpha value is -6.42. The number of nitrogens with zero attached hydrogens (tertiary/aromatic N) is 4. The van der Waals surface area contributed by atoms with Crippen LogP contribution >= 0.6 is 15.9 Å². The lowest BCUT2D eigenvalue weighted by Crippen LogP contribution is -2.36. The van der Waals surface area contributed by atoms with Gasteiger partial charge in [0.2, 0.25) is 0 Å². The van der Waals surface area contributed by atoms with Gasteiger partial charge < -0.3 is 43.1 Å². The van der Waals surface area contributed by atoms with Gasteiger partial charge in [-0.15, -0.1) is 0 Å². The van der Waals surface area contributed by atoms with Crippen LogP contribution in [0.2, 0.25) is 0 Å². The average Bonchev–Trinajstić information content (AvgIpc) is 4.07. The van der Waals surface area contributed by atoms with Gasteiger partial charge in [0.1, 0.15) is 22.8 Å². The van der Waals surface area contributed by atoms with Gasteiger partial charge in [-0.25, -0.2) is 9.59 Å². The van der Waals surface area contributed by atoms with E-state index < -0.39 is 23.6 Å². The summed E-state index contributed by atoms with van der Waals surface area (Å²) in [5, 5.41) is 14.5. The summed E-state index contributed by atoms with van der Waals surface area (Å²) in [5.41, 5.74) is 2.36. The number of ether oxygens (including phenoxy) is 5. The van der Waals surface area contributed by atoms with Gasteiger partial charge in [-0.3, -0.25) is 9.59 Å². The number of hydrogen-bond donors (Lipinski definition) is 1. The molecule has 15 nitrogen and oxygen atoms in total. The molecule has 7 rings (SSSR count). The molecule has 5 aromatic rings. The Morgan fingerprint density at radius 3 is 1.82 bits per heavy atom. The first-order valence-corrected chi connectivity index (χ1v) is 23.2. The van der Waals surface area contributed by atoms with Crippen LogP contribution in [-0.4, -0.2) is 106 Å². The van der Waals surface area contributed by atoms with Crippen LogP contribution in [0, 0.1) is 23.7 Å². The van der Waals surface area contributed by atoms with Gasteiger partial charge >= 0.3 is 24.1 Å². The number of likely N-dealkylation sites (tertiary alicyclic amines) is 2. The predicted octanol–water partition coefficient (Wildman–Crippen LogP) is 8.78. The maximum Gasteiger partial charge on any atom is 0.415 e. The summed E-state index contributed by atoms with van der Waals surface area (Å²) in [4.78, 5) is 56.9. The molecule has 0 spiro atoms. The summed E-state index contributed by atoms with van der Waals surface area (Å²) in [6, 6.07) is 33.7. The zero-order valence-corrected chi connectivity index (χ0v) is 39.3. The molecule has 3 heterocycles. The predicted molar refractivity (Wildman–Crippen MR) is 249 cm³/mol. The number of halogens is 1. The molecule has 0 bridgehead atoms. The molecule has 0 aliphatic carbocycles. The second kappa shape index (κ2) is 23.7. The van der Waals surface area contributed by atoms with Gasteiger partial charge in [-0.05, 0) is 112 Å². The van der Waals surface area contributed by atoms with Gasteiger partial charge in [0.25, 0.3) is 5.89 Å². The minimum absolute atomic E-state index is 0.0131. The van der Waals surface area contributed by atoms with Gasteiger partial charge in [0.15, 0.2) is 5.82 Å². The topological polar surface area (TPSA) is 180 Å². The number of aliphatic carboxylic acids is 1. The fraction of sp³-hybridized carbons (Fsp3) is 0.400. The quantitative estimate of drug-likeness (QED) is 0.0733. The molecule has 4 atom stereocenters. The molecular formula is C50H57BrN4O11. The maximum atomic E-state index is 12.6. The first-order valence-electron chi connectivity index (χ1n) is 22.0. The van der Waals surface area contributed by atoms with Crippen molar-refractivity contribution in [3.8, 4) is 28.7 Å². The van der Waals surface area contributed by atoms with Crippen molar-refractivity contribution >= 4 is 40.1 Å². The number of para-hydroxylation sites is 1. The monoisotopic (exact) mass is 968 g/mol. The number of alkyl halides is 1. The number of carboxylic acids is 1. The van der Waals surface area contributed by atoms with E-state index in [1.807, 2.05) is 106 Å². The van der Waals surface area contributed by atoms with E-state index in [-0.39, 0.29) is 36.4 Å². The number of amides is 2. The standard InChI is InChI=1S/C29H27N3O6.C21H30BrNO5/c33-28(34)25-19-32(29(35)37-24-9-5-2-6-10-24)18-22(25)17-20-11-13-23(14-12-20)36-16-15-26-30-27(38-31-26)21-7-3-1-4-8-21;1-5-26-19(24)18-14-23(20(25)28-21(2,3)4)13-16(18)12-15-6-8-17(9-7-15)27-11-10-22/h1-14,22,25H,15-19H2,(H,33,34);6-9,16,18H,5,10-14H2,1-4H3/t22-,25+;16-,18+/m11/s1. The van der Waals surface area contributed by atoms with Gasteiger partial charge in [0, 0.05) is 43.5 Å². The highest BCUT2D eigenvalue weighted by Gasteiger charge is 2.42.